The molecule has 3 heteroatoms. The predicted octanol–water partition coefficient (Wildman–Crippen LogP) is 3.93. The third-order valence-corrected chi connectivity index (χ3v) is 3.80. The van der Waals surface area contributed by atoms with Crippen LogP contribution in [0.5, 0.6) is 0 Å². The number of nitrogens with two attached hydrogens (primary N) is 1. The second kappa shape index (κ2) is 6.03. The standard InChI is InChI=1S/C15H16FNS/c1-11-7-12(9-13(16)8-11)15(17)10-18-14-5-3-2-4-6-14/h2-9,15H,10,17H2,1H3. The van der Waals surface area contributed by atoms with Gasteiger partial charge in [-0.2, -0.15) is 0 Å². The first-order valence-corrected chi connectivity index (χ1v) is 6.84. The molecule has 2 aromatic rings. The van der Waals surface area contributed by atoms with E-state index in [0.717, 1.165) is 16.9 Å². The minimum Gasteiger partial charge on any atom is -0.323 e. The van der Waals surface area contributed by atoms with E-state index in [1.165, 1.54) is 17.0 Å². The van der Waals surface area contributed by atoms with E-state index in [-0.39, 0.29) is 11.9 Å². The van der Waals surface area contributed by atoms with Crippen LogP contribution in [-0.2, 0) is 0 Å². The zero-order valence-corrected chi connectivity index (χ0v) is 11.1. The molecule has 2 rings (SSSR count). The number of thioether (sulfide) groups is 1. The quantitative estimate of drug-likeness (QED) is 0.844. The van der Waals surface area contributed by atoms with Gasteiger partial charge in [0.1, 0.15) is 5.82 Å². The topological polar surface area (TPSA) is 26.0 Å². The monoisotopic (exact) mass is 261 g/mol. The Morgan fingerprint density at radius 3 is 2.56 bits per heavy atom. The van der Waals surface area contributed by atoms with Crippen LogP contribution < -0.4 is 5.73 Å². The molecule has 1 nitrogen and oxygen atoms in total. The number of aryl methyl sites for hydroxylation is 1. The molecular formula is C15H16FNS. The van der Waals surface area contributed by atoms with Gasteiger partial charge in [-0.05, 0) is 42.3 Å². The Hall–Kier alpha value is -1.32. The maximum Gasteiger partial charge on any atom is 0.123 e. The number of hydrogen-bond acceptors (Lipinski definition) is 2. The van der Waals surface area contributed by atoms with Crippen LogP contribution in [0, 0.1) is 12.7 Å². The maximum absolute atomic E-state index is 13.3. The highest BCUT2D eigenvalue weighted by atomic mass is 32.2. The van der Waals surface area contributed by atoms with Crippen LogP contribution in [-0.4, -0.2) is 5.75 Å². The van der Waals surface area contributed by atoms with Crippen LogP contribution in [0.15, 0.2) is 53.4 Å². The van der Waals surface area contributed by atoms with Crippen LogP contribution in [0.25, 0.3) is 0 Å². The summed E-state index contributed by atoms with van der Waals surface area (Å²) in [6.07, 6.45) is 0. The molecule has 18 heavy (non-hydrogen) atoms. The zero-order valence-electron chi connectivity index (χ0n) is 10.3. The van der Waals surface area contributed by atoms with Crippen molar-refractivity contribution in [1.82, 2.24) is 0 Å². The summed E-state index contributed by atoms with van der Waals surface area (Å²) in [6.45, 7) is 1.88. The fraction of sp³-hybridized carbons (Fsp3) is 0.200. The molecule has 0 bridgehead atoms. The number of halogens is 1. The largest absolute Gasteiger partial charge is 0.323 e. The van der Waals surface area contributed by atoms with Crippen molar-refractivity contribution in [2.45, 2.75) is 17.9 Å². The molecular weight excluding hydrogens is 245 g/mol. The molecule has 0 radical (unpaired) electrons. The van der Waals surface area contributed by atoms with Crippen LogP contribution >= 0.6 is 11.8 Å². The highest BCUT2D eigenvalue weighted by molar-refractivity contribution is 7.99. The summed E-state index contributed by atoms with van der Waals surface area (Å²) in [6, 6.07) is 14.9. The molecule has 2 aromatic carbocycles. The van der Waals surface area contributed by atoms with Gasteiger partial charge in [-0.1, -0.05) is 24.3 Å². The average molecular weight is 261 g/mol. The molecule has 2 N–H and O–H groups in total. The third kappa shape index (κ3) is 3.59. The molecule has 0 saturated carbocycles. The van der Waals surface area contributed by atoms with Gasteiger partial charge in [0.05, 0.1) is 0 Å². The summed E-state index contributed by atoms with van der Waals surface area (Å²) < 4.78 is 13.3. The number of hydrogen-bond donors (Lipinski definition) is 1. The van der Waals surface area contributed by atoms with E-state index in [9.17, 15) is 4.39 Å². The van der Waals surface area contributed by atoms with E-state index in [2.05, 4.69) is 0 Å². The van der Waals surface area contributed by atoms with Crippen molar-refractivity contribution in [2.24, 2.45) is 5.73 Å². The van der Waals surface area contributed by atoms with Crippen LogP contribution in [0.3, 0.4) is 0 Å². The van der Waals surface area contributed by atoms with Crippen molar-refractivity contribution in [1.29, 1.82) is 0 Å². The van der Waals surface area contributed by atoms with Gasteiger partial charge in [0.25, 0.3) is 0 Å². The molecule has 0 fully saturated rings. The van der Waals surface area contributed by atoms with Crippen LogP contribution in [0.4, 0.5) is 4.39 Å². The Kier molecular flexibility index (Phi) is 4.39. The molecule has 1 atom stereocenters. The van der Waals surface area contributed by atoms with Crippen molar-refractivity contribution in [3.05, 3.63) is 65.5 Å². The van der Waals surface area contributed by atoms with Crippen LogP contribution in [0.2, 0.25) is 0 Å². The molecule has 0 spiro atoms. The SMILES string of the molecule is Cc1cc(F)cc(C(N)CSc2ccccc2)c1. The van der Waals surface area contributed by atoms with E-state index in [1.807, 2.05) is 43.3 Å². The minimum absolute atomic E-state index is 0.149. The summed E-state index contributed by atoms with van der Waals surface area (Å²) >= 11 is 1.69. The average Bonchev–Trinajstić information content (AvgIpc) is 2.36. The summed E-state index contributed by atoms with van der Waals surface area (Å²) in [7, 11) is 0. The van der Waals surface area contributed by atoms with Crippen molar-refractivity contribution in [2.75, 3.05) is 5.75 Å². The lowest BCUT2D eigenvalue weighted by Crippen LogP contribution is -2.13. The van der Waals surface area contributed by atoms with E-state index >= 15 is 0 Å². The van der Waals surface area contributed by atoms with E-state index in [1.54, 1.807) is 11.8 Å². The lowest BCUT2D eigenvalue weighted by Gasteiger charge is -2.12. The molecule has 0 aliphatic heterocycles. The second-order valence-corrected chi connectivity index (χ2v) is 5.39. The van der Waals surface area contributed by atoms with Gasteiger partial charge in [-0.15, -0.1) is 11.8 Å². The number of rotatable bonds is 4. The Balaban J connectivity index is 2.01. The lowest BCUT2D eigenvalue weighted by molar-refractivity contribution is 0.621. The molecule has 0 aliphatic carbocycles. The Morgan fingerprint density at radius 2 is 1.89 bits per heavy atom. The molecule has 0 saturated heterocycles. The zero-order chi connectivity index (χ0) is 13.0. The molecule has 94 valence electrons. The first-order chi connectivity index (χ1) is 8.65. The fourth-order valence-corrected chi connectivity index (χ4v) is 2.69. The van der Waals surface area contributed by atoms with Gasteiger partial charge in [0, 0.05) is 16.7 Å². The van der Waals surface area contributed by atoms with Gasteiger partial charge < -0.3 is 5.73 Å². The molecule has 0 amide bonds. The van der Waals surface area contributed by atoms with Gasteiger partial charge in [-0.25, -0.2) is 4.39 Å². The summed E-state index contributed by atoms with van der Waals surface area (Å²) in [5, 5.41) is 0. The highest BCUT2D eigenvalue weighted by Crippen LogP contribution is 2.24. The minimum atomic E-state index is -0.217. The molecule has 1 unspecified atom stereocenters. The van der Waals surface area contributed by atoms with Crippen molar-refractivity contribution in [3.8, 4) is 0 Å². The van der Waals surface area contributed by atoms with E-state index < -0.39 is 0 Å². The van der Waals surface area contributed by atoms with Crippen LogP contribution in [0.1, 0.15) is 17.2 Å². The summed E-state index contributed by atoms with van der Waals surface area (Å²) in [5.74, 6) is 0.526. The number of benzene rings is 2. The van der Waals surface area contributed by atoms with Crippen molar-refractivity contribution in [3.63, 3.8) is 0 Å². The first-order valence-electron chi connectivity index (χ1n) is 5.85. The third-order valence-electron chi connectivity index (χ3n) is 2.67. The smallest absolute Gasteiger partial charge is 0.123 e. The lowest BCUT2D eigenvalue weighted by atomic mass is 10.1. The summed E-state index contributed by atoms with van der Waals surface area (Å²) in [4.78, 5) is 1.18. The molecule has 0 aliphatic rings. The van der Waals surface area contributed by atoms with Crippen molar-refractivity contribution >= 4 is 11.8 Å². The van der Waals surface area contributed by atoms with E-state index in [4.69, 9.17) is 5.73 Å². The van der Waals surface area contributed by atoms with Gasteiger partial charge in [-0.3, -0.25) is 0 Å². The summed E-state index contributed by atoms with van der Waals surface area (Å²) in [5.41, 5.74) is 7.86. The Labute approximate surface area is 111 Å². The van der Waals surface area contributed by atoms with Gasteiger partial charge in [0.15, 0.2) is 0 Å². The highest BCUT2D eigenvalue weighted by Gasteiger charge is 2.08. The molecule has 0 aromatic heterocycles. The van der Waals surface area contributed by atoms with Gasteiger partial charge >= 0.3 is 0 Å². The predicted molar refractivity (Wildman–Crippen MR) is 75.2 cm³/mol. The fourth-order valence-electron chi connectivity index (χ4n) is 1.78. The Morgan fingerprint density at radius 1 is 1.17 bits per heavy atom. The Bertz CT molecular complexity index is 493. The normalized spacial score (nSPS) is 12.4. The first kappa shape index (κ1) is 13.1. The van der Waals surface area contributed by atoms with Gasteiger partial charge in [0.2, 0.25) is 0 Å². The molecule has 0 heterocycles. The maximum atomic E-state index is 13.3. The second-order valence-electron chi connectivity index (χ2n) is 4.29. The van der Waals surface area contributed by atoms with Crippen molar-refractivity contribution < 1.29 is 4.39 Å². The van der Waals surface area contributed by atoms with E-state index in [0.29, 0.717) is 0 Å².